The normalized spacial score (nSPS) is 10.3. The lowest BCUT2D eigenvalue weighted by Gasteiger charge is -2.13. The second kappa shape index (κ2) is 5.95. The Hall–Kier alpha value is -2.36. The van der Waals surface area contributed by atoms with Gasteiger partial charge in [0.1, 0.15) is 5.75 Å². The molecule has 0 radical (unpaired) electrons. The monoisotopic (exact) mass is 288 g/mol. The molecule has 0 saturated carbocycles. The van der Waals surface area contributed by atoms with E-state index in [0.29, 0.717) is 11.3 Å². The van der Waals surface area contributed by atoms with Gasteiger partial charge in [-0.25, -0.2) is 4.39 Å². The summed E-state index contributed by atoms with van der Waals surface area (Å²) in [5.74, 6) is -0.211. The maximum atomic E-state index is 13.7. The van der Waals surface area contributed by atoms with Crippen molar-refractivity contribution in [3.05, 3.63) is 58.4 Å². The van der Waals surface area contributed by atoms with Crippen LogP contribution >= 0.6 is 0 Å². The highest BCUT2D eigenvalue weighted by Gasteiger charge is 2.18. The highest BCUT2D eigenvalue weighted by molar-refractivity contribution is 6.11. The number of carbonyl (C=O) groups excluding carboxylic acids is 1. The Labute approximate surface area is 123 Å². The quantitative estimate of drug-likeness (QED) is 0.805. The number of carbonyl (C=O) groups is 1. The molecule has 4 heteroatoms. The molecule has 0 unspecified atom stereocenters. The second-order valence-corrected chi connectivity index (χ2v) is 4.77. The van der Waals surface area contributed by atoms with Crippen molar-refractivity contribution in [3.63, 3.8) is 0 Å². The van der Waals surface area contributed by atoms with E-state index >= 15 is 0 Å². The maximum absolute atomic E-state index is 13.7. The van der Waals surface area contributed by atoms with Crippen molar-refractivity contribution in [2.24, 2.45) is 0 Å². The lowest BCUT2D eigenvalue weighted by molar-refractivity contribution is 0.103. The van der Waals surface area contributed by atoms with Crippen LogP contribution < -0.4 is 9.47 Å². The highest BCUT2D eigenvalue weighted by Crippen LogP contribution is 2.29. The van der Waals surface area contributed by atoms with Gasteiger partial charge in [-0.2, -0.15) is 0 Å². The molecule has 0 aromatic heterocycles. The van der Waals surface area contributed by atoms with Crippen molar-refractivity contribution >= 4 is 5.78 Å². The van der Waals surface area contributed by atoms with E-state index in [9.17, 15) is 9.18 Å². The molecule has 0 aliphatic carbocycles. The summed E-state index contributed by atoms with van der Waals surface area (Å²) >= 11 is 0. The van der Waals surface area contributed by atoms with Crippen molar-refractivity contribution in [2.45, 2.75) is 13.8 Å². The fraction of sp³-hybridized carbons (Fsp3) is 0.235. The van der Waals surface area contributed by atoms with Crippen LogP contribution in [0.15, 0.2) is 30.3 Å². The summed E-state index contributed by atoms with van der Waals surface area (Å²) in [5, 5.41) is 0. The van der Waals surface area contributed by atoms with Crippen LogP contribution in [0.1, 0.15) is 27.0 Å². The fourth-order valence-electron chi connectivity index (χ4n) is 2.20. The number of halogens is 1. The van der Waals surface area contributed by atoms with Crippen LogP contribution in [0.4, 0.5) is 4.39 Å². The number of methoxy groups -OCH3 is 2. The summed E-state index contributed by atoms with van der Waals surface area (Å²) in [5.41, 5.74) is 2.61. The van der Waals surface area contributed by atoms with Gasteiger partial charge in [-0.15, -0.1) is 0 Å². The Balaban J connectivity index is 2.50. The van der Waals surface area contributed by atoms with Gasteiger partial charge in [-0.3, -0.25) is 4.79 Å². The number of hydrogen-bond donors (Lipinski definition) is 0. The highest BCUT2D eigenvalue weighted by atomic mass is 19.1. The van der Waals surface area contributed by atoms with Crippen molar-refractivity contribution in [1.82, 2.24) is 0 Å². The van der Waals surface area contributed by atoms with Gasteiger partial charge in [0.05, 0.1) is 19.8 Å². The number of rotatable bonds is 4. The lowest BCUT2D eigenvalue weighted by atomic mass is 9.97. The first-order valence-corrected chi connectivity index (χ1v) is 6.52. The standard InChI is InChI=1S/C17H17FO3/c1-10-5-7-13(17(21-4)11(10)2)16(19)12-6-8-15(20-3)14(18)9-12/h5-9H,1-4H3. The van der Waals surface area contributed by atoms with E-state index in [0.717, 1.165) is 11.1 Å². The molecule has 0 spiro atoms. The Morgan fingerprint density at radius 3 is 2.33 bits per heavy atom. The zero-order valence-electron chi connectivity index (χ0n) is 12.5. The van der Waals surface area contributed by atoms with Gasteiger partial charge in [-0.05, 0) is 49.2 Å². The molecule has 0 aliphatic heterocycles. The summed E-state index contributed by atoms with van der Waals surface area (Å²) in [7, 11) is 2.90. The average Bonchev–Trinajstić information content (AvgIpc) is 2.49. The lowest BCUT2D eigenvalue weighted by Crippen LogP contribution is -2.06. The van der Waals surface area contributed by atoms with Crippen molar-refractivity contribution in [3.8, 4) is 11.5 Å². The van der Waals surface area contributed by atoms with E-state index in [1.54, 1.807) is 12.1 Å². The van der Waals surface area contributed by atoms with E-state index in [4.69, 9.17) is 9.47 Å². The Bertz CT molecular complexity index is 693. The number of benzene rings is 2. The van der Waals surface area contributed by atoms with Gasteiger partial charge in [-0.1, -0.05) is 6.07 Å². The van der Waals surface area contributed by atoms with Gasteiger partial charge in [0.15, 0.2) is 17.3 Å². The minimum atomic E-state index is -0.564. The van der Waals surface area contributed by atoms with Crippen LogP contribution in [0, 0.1) is 19.7 Å². The minimum Gasteiger partial charge on any atom is -0.496 e. The summed E-state index contributed by atoms with van der Waals surface area (Å²) in [4.78, 5) is 12.6. The molecule has 2 aromatic carbocycles. The molecule has 0 bridgehead atoms. The number of ketones is 1. The Kier molecular flexibility index (Phi) is 4.26. The van der Waals surface area contributed by atoms with E-state index < -0.39 is 5.82 Å². The van der Waals surface area contributed by atoms with Gasteiger partial charge in [0, 0.05) is 5.56 Å². The van der Waals surface area contributed by atoms with Crippen LogP contribution in [-0.4, -0.2) is 20.0 Å². The minimum absolute atomic E-state index is 0.110. The van der Waals surface area contributed by atoms with E-state index in [1.165, 1.54) is 26.4 Å². The molecular formula is C17H17FO3. The number of aryl methyl sites for hydroxylation is 1. The molecule has 2 rings (SSSR count). The van der Waals surface area contributed by atoms with Crippen LogP contribution in [0.5, 0.6) is 11.5 Å². The van der Waals surface area contributed by atoms with Crippen LogP contribution in [-0.2, 0) is 0 Å². The SMILES string of the molecule is COc1ccc(C(=O)c2ccc(C)c(C)c2OC)cc1F. The van der Waals surface area contributed by atoms with Gasteiger partial charge < -0.3 is 9.47 Å². The predicted molar refractivity (Wildman–Crippen MR) is 78.9 cm³/mol. The first kappa shape index (κ1) is 15.0. The van der Waals surface area contributed by atoms with Crippen LogP contribution in [0.2, 0.25) is 0 Å². The van der Waals surface area contributed by atoms with Gasteiger partial charge in [0.2, 0.25) is 0 Å². The Morgan fingerprint density at radius 1 is 1.05 bits per heavy atom. The first-order valence-electron chi connectivity index (χ1n) is 6.52. The molecule has 2 aromatic rings. The Morgan fingerprint density at radius 2 is 1.76 bits per heavy atom. The van der Waals surface area contributed by atoms with E-state index in [-0.39, 0.29) is 17.1 Å². The largest absolute Gasteiger partial charge is 0.496 e. The number of ether oxygens (including phenoxy) is 2. The summed E-state index contributed by atoms with van der Waals surface area (Å²) in [6, 6.07) is 7.71. The van der Waals surface area contributed by atoms with Crippen molar-refractivity contribution < 1.29 is 18.7 Å². The first-order chi connectivity index (χ1) is 9.99. The molecule has 0 heterocycles. The molecule has 0 amide bonds. The second-order valence-electron chi connectivity index (χ2n) is 4.77. The third-order valence-corrected chi connectivity index (χ3v) is 3.54. The van der Waals surface area contributed by atoms with E-state index in [1.807, 2.05) is 19.9 Å². The summed E-state index contributed by atoms with van der Waals surface area (Å²) in [6.07, 6.45) is 0. The molecule has 21 heavy (non-hydrogen) atoms. The molecular weight excluding hydrogens is 271 g/mol. The van der Waals surface area contributed by atoms with Gasteiger partial charge >= 0.3 is 0 Å². The zero-order valence-corrected chi connectivity index (χ0v) is 12.5. The topological polar surface area (TPSA) is 35.5 Å². The average molecular weight is 288 g/mol. The molecule has 0 fully saturated rings. The maximum Gasteiger partial charge on any atom is 0.196 e. The molecule has 3 nitrogen and oxygen atoms in total. The van der Waals surface area contributed by atoms with Gasteiger partial charge in [0.25, 0.3) is 0 Å². The predicted octanol–water partition coefficient (Wildman–Crippen LogP) is 3.69. The molecule has 0 aliphatic rings. The third-order valence-electron chi connectivity index (χ3n) is 3.54. The third kappa shape index (κ3) is 2.75. The van der Waals surface area contributed by atoms with Crippen LogP contribution in [0.25, 0.3) is 0 Å². The van der Waals surface area contributed by atoms with Crippen LogP contribution in [0.3, 0.4) is 0 Å². The zero-order chi connectivity index (χ0) is 15.6. The van der Waals surface area contributed by atoms with Crippen molar-refractivity contribution in [1.29, 1.82) is 0 Å². The summed E-state index contributed by atoms with van der Waals surface area (Å²) in [6.45, 7) is 3.83. The molecule has 0 saturated heterocycles. The number of hydrogen-bond acceptors (Lipinski definition) is 3. The van der Waals surface area contributed by atoms with E-state index in [2.05, 4.69) is 0 Å². The fourth-order valence-corrected chi connectivity index (χ4v) is 2.20. The smallest absolute Gasteiger partial charge is 0.196 e. The van der Waals surface area contributed by atoms with Crippen molar-refractivity contribution in [2.75, 3.05) is 14.2 Å². The summed E-state index contributed by atoms with van der Waals surface area (Å²) < 4.78 is 23.9. The molecule has 110 valence electrons. The molecule has 0 atom stereocenters. The molecule has 0 N–H and O–H groups in total.